The van der Waals surface area contributed by atoms with Crippen LogP contribution < -0.4 is 5.32 Å². The number of hydrogen-bond acceptors (Lipinski definition) is 3. The first-order valence-corrected chi connectivity index (χ1v) is 6.01. The normalized spacial score (nSPS) is 12.1. The Morgan fingerprint density at radius 3 is 2.47 bits per heavy atom. The number of halogens is 1. The predicted molar refractivity (Wildman–Crippen MR) is 69.2 cm³/mol. The number of aryl methyl sites for hydroxylation is 1. The molecule has 0 aliphatic heterocycles. The van der Waals surface area contributed by atoms with Gasteiger partial charge in [-0.25, -0.2) is 9.18 Å². The lowest BCUT2D eigenvalue weighted by Crippen LogP contribution is -2.45. The number of esters is 1. The molecule has 104 valence electrons. The van der Waals surface area contributed by atoms with Gasteiger partial charge in [-0.15, -0.1) is 0 Å². The van der Waals surface area contributed by atoms with Crippen molar-refractivity contribution >= 4 is 11.9 Å². The first-order valence-electron chi connectivity index (χ1n) is 6.01. The molecule has 19 heavy (non-hydrogen) atoms. The standard InChI is InChI=1S/C14H18FNO3/c1-8(2)12(14(18)19-4)16-13(17)11-7-10(15)6-5-9(11)3/h5-8,12H,1-4H3,(H,16,17). The summed E-state index contributed by atoms with van der Waals surface area (Å²) >= 11 is 0. The summed E-state index contributed by atoms with van der Waals surface area (Å²) in [6, 6.07) is 3.21. The molecule has 1 atom stereocenters. The van der Waals surface area contributed by atoms with E-state index in [1.807, 2.05) is 0 Å². The Hall–Kier alpha value is -1.91. The van der Waals surface area contributed by atoms with E-state index in [4.69, 9.17) is 0 Å². The molecule has 0 saturated carbocycles. The van der Waals surface area contributed by atoms with Crippen molar-refractivity contribution in [3.8, 4) is 0 Å². The maximum absolute atomic E-state index is 13.2. The Labute approximate surface area is 112 Å². The Morgan fingerprint density at radius 2 is 1.95 bits per heavy atom. The number of nitrogens with one attached hydrogen (secondary N) is 1. The monoisotopic (exact) mass is 267 g/mol. The van der Waals surface area contributed by atoms with E-state index in [1.165, 1.54) is 19.2 Å². The summed E-state index contributed by atoms with van der Waals surface area (Å²) in [4.78, 5) is 23.6. The molecule has 0 aliphatic rings. The number of amides is 1. The molecule has 0 spiro atoms. The van der Waals surface area contributed by atoms with Gasteiger partial charge in [0, 0.05) is 5.56 Å². The van der Waals surface area contributed by atoms with Gasteiger partial charge < -0.3 is 10.1 Å². The van der Waals surface area contributed by atoms with Gasteiger partial charge in [0.25, 0.3) is 5.91 Å². The molecule has 0 aliphatic carbocycles. The van der Waals surface area contributed by atoms with Crippen LogP contribution in [0.4, 0.5) is 4.39 Å². The van der Waals surface area contributed by atoms with Crippen LogP contribution >= 0.6 is 0 Å². The zero-order chi connectivity index (χ0) is 14.6. The van der Waals surface area contributed by atoms with Gasteiger partial charge in [-0.2, -0.15) is 0 Å². The zero-order valence-electron chi connectivity index (χ0n) is 11.5. The number of benzene rings is 1. The minimum absolute atomic E-state index is 0.120. The van der Waals surface area contributed by atoms with E-state index in [0.717, 1.165) is 6.07 Å². The second-order valence-electron chi connectivity index (χ2n) is 4.68. The fourth-order valence-electron chi connectivity index (χ4n) is 1.68. The minimum atomic E-state index is -0.750. The lowest BCUT2D eigenvalue weighted by atomic mass is 10.0. The van der Waals surface area contributed by atoms with Crippen LogP contribution in [0.2, 0.25) is 0 Å². The molecule has 0 saturated heterocycles. The van der Waals surface area contributed by atoms with Crippen molar-refractivity contribution in [3.05, 3.63) is 35.1 Å². The van der Waals surface area contributed by atoms with Gasteiger partial charge in [0.05, 0.1) is 7.11 Å². The molecule has 1 unspecified atom stereocenters. The number of rotatable bonds is 4. The third-order valence-electron chi connectivity index (χ3n) is 2.85. The van der Waals surface area contributed by atoms with Gasteiger partial charge in [0.15, 0.2) is 0 Å². The SMILES string of the molecule is COC(=O)C(NC(=O)c1cc(F)ccc1C)C(C)C. The quantitative estimate of drug-likeness (QED) is 0.850. The summed E-state index contributed by atoms with van der Waals surface area (Å²) in [5, 5.41) is 2.57. The molecule has 0 heterocycles. The van der Waals surface area contributed by atoms with E-state index < -0.39 is 23.7 Å². The topological polar surface area (TPSA) is 55.4 Å². The molecule has 5 heteroatoms. The zero-order valence-corrected chi connectivity index (χ0v) is 11.5. The van der Waals surface area contributed by atoms with E-state index >= 15 is 0 Å². The van der Waals surface area contributed by atoms with E-state index in [9.17, 15) is 14.0 Å². The van der Waals surface area contributed by atoms with E-state index in [0.29, 0.717) is 5.56 Å². The fourth-order valence-corrected chi connectivity index (χ4v) is 1.68. The summed E-state index contributed by atoms with van der Waals surface area (Å²) in [7, 11) is 1.26. The largest absolute Gasteiger partial charge is 0.467 e. The highest BCUT2D eigenvalue weighted by Gasteiger charge is 2.25. The van der Waals surface area contributed by atoms with Crippen LogP contribution in [-0.2, 0) is 9.53 Å². The van der Waals surface area contributed by atoms with E-state index in [1.54, 1.807) is 20.8 Å². The van der Waals surface area contributed by atoms with Crippen molar-refractivity contribution in [3.63, 3.8) is 0 Å². The van der Waals surface area contributed by atoms with Crippen molar-refractivity contribution in [1.29, 1.82) is 0 Å². The fraction of sp³-hybridized carbons (Fsp3) is 0.429. The third-order valence-corrected chi connectivity index (χ3v) is 2.85. The van der Waals surface area contributed by atoms with Crippen LogP contribution in [0.15, 0.2) is 18.2 Å². The second-order valence-corrected chi connectivity index (χ2v) is 4.68. The number of ether oxygens (including phenoxy) is 1. The summed E-state index contributed by atoms with van der Waals surface area (Å²) in [6.07, 6.45) is 0. The molecular weight excluding hydrogens is 249 g/mol. The highest BCUT2D eigenvalue weighted by Crippen LogP contribution is 2.12. The van der Waals surface area contributed by atoms with Crippen LogP contribution in [0.5, 0.6) is 0 Å². The Bertz CT molecular complexity index is 486. The first-order chi connectivity index (χ1) is 8.86. The van der Waals surface area contributed by atoms with Gasteiger partial charge >= 0.3 is 5.97 Å². The Kier molecular flexibility index (Phi) is 5.03. The van der Waals surface area contributed by atoms with Gasteiger partial charge in [-0.1, -0.05) is 19.9 Å². The van der Waals surface area contributed by atoms with Gasteiger partial charge in [0.1, 0.15) is 11.9 Å². The maximum Gasteiger partial charge on any atom is 0.328 e. The highest BCUT2D eigenvalue weighted by atomic mass is 19.1. The smallest absolute Gasteiger partial charge is 0.328 e. The maximum atomic E-state index is 13.2. The van der Waals surface area contributed by atoms with Crippen LogP contribution in [0, 0.1) is 18.7 Å². The lowest BCUT2D eigenvalue weighted by molar-refractivity contribution is -0.144. The third kappa shape index (κ3) is 3.77. The van der Waals surface area contributed by atoms with Gasteiger partial charge in [0.2, 0.25) is 0 Å². The van der Waals surface area contributed by atoms with Gasteiger partial charge in [-0.3, -0.25) is 4.79 Å². The predicted octanol–water partition coefficient (Wildman–Crippen LogP) is 2.06. The lowest BCUT2D eigenvalue weighted by Gasteiger charge is -2.20. The molecule has 0 fully saturated rings. The van der Waals surface area contributed by atoms with Crippen molar-refractivity contribution in [1.82, 2.24) is 5.32 Å². The van der Waals surface area contributed by atoms with Crippen molar-refractivity contribution < 1.29 is 18.7 Å². The Morgan fingerprint density at radius 1 is 1.32 bits per heavy atom. The molecule has 0 bridgehead atoms. The average Bonchev–Trinajstić information content (AvgIpc) is 2.37. The first kappa shape index (κ1) is 15.1. The molecule has 0 radical (unpaired) electrons. The molecule has 1 aromatic rings. The molecule has 1 aromatic carbocycles. The Balaban J connectivity index is 2.94. The average molecular weight is 267 g/mol. The minimum Gasteiger partial charge on any atom is -0.467 e. The summed E-state index contributed by atoms with van der Waals surface area (Å²) in [5.74, 6) is -1.61. The van der Waals surface area contributed by atoms with E-state index in [2.05, 4.69) is 10.1 Å². The summed E-state index contributed by atoms with van der Waals surface area (Å²) in [6.45, 7) is 5.29. The van der Waals surface area contributed by atoms with Crippen LogP contribution in [0.1, 0.15) is 29.8 Å². The summed E-state index contributed by atoms with van der Waals surface area (Å²) < 4.78 is 17.8. The second kappa shape index (κ2) is 6.31. The molecule has 4 nitrogen and oxygen atoms in total. The summed E-state index contributed by atoms with van der Waals surface area (Å²) in [5.41, 5.74) is 0.862. The number of methoxy groups -OCH3 is 1. The van der Waals surface area contributed by atoms with Crippen LogP contribution in [-0.4, -0.2) is 25.0 Å². The number of carbonyl (C=O) groups is 2. The van der Waals surface area contributed by atoms with Crippen molar-refractivity contribution in [2.75, 3.05) is 7.11 Å². The van der Waals surface area contributed by atoms with Crippen LogP contribution in [0.25, 0.3) is 0 Å². The van der Waals surface area contributed by atoms with Crippen molar-refractivity contribution in [2.45, 2.75) is 26.8 Å². The van der Waals surface area contributed by atoms with Crippen LogP contribution in [0.3, 0.4) is 0 Å². The molecular formula is C14H18FNO3. The number of hydrogen-bond donors (Lipinski definition) is 1. The molecule has 1 N–H and O–H groups in total. The van der Waals surface area contributed by atoms with Crippen molar-refractivity contribution in [2.24, 2.45) is 5.92 Å². The van der Waals surface area contributed by atoms with Gasteiger partial charge in [-0.05, 0) is 30.5 Å². The molecule has 1 amide bonds. The van der Waals surface area contributed by atoms with E-state index in [-0.39, 0.29) is 11.5 Å². The molecule has 0 aromatic heterocycles. The number of carbonyl (C=O) groups excluding carboxylic acids is 2. The highest BCUT2D eigenvalue weighted by molar-refractivity contribution is 5.98. The molecule has 1 rings (SSSR count).